The fourth-order valence-electron chi connectivity index (χ4n) is 2.99. The van der Waals surface area contributed by atoms with Gasteiger partial charge >= 0.3 is 0 Å². The first-order chi connectivity index (χ1) is 11.6. The molecule has 3 rings (SSSR count). The first kappa shape index (κ1) is 16.4. The Hall–Kier alpha value is -2.42. The molecule has 1 fully saturated rings. The van der Waals surface area contributed by atoms with Crippen molar-refractivity contribution in [3.63, 3.8) is 0 Å². The molecule has 1 saturated heterocycles. The van der Waals surface area contributed by atoms with E-state index in [9.17, 15) is 4.39 Å². The monoisotopic (exact) mass is 335 g/mol. The molecule has 9 heteroatoms. The van der Waals surface area contributed by atoms with Crippen LogP contribution in [0.5, 0.6) is 5.75 Å². The molecule has 0 aliphatic carbocycles. The lowest BCUT2D eigenvalue weighted by Crippen LogP contribution is -2.35. The second-order valence-electron chi connectivity index (χ2n) is 5.89. The average Bonchev–Trinajstić information content (AvgIpc) is 3.11. The molecule has 2 atom stereocenters. The van der Waals surface area contributed by atoms with Gasteiger partial charge in [0, 0.05) is 38.6 Å². The van der Waals surface area contributed by atoms with Crippen LogP contribution in [0, 0.1) is 0 Å². The first-order valence-electron chi connectivity index (χ1n) is 7.81. The third kappa shape index (κ3) is 3.40. The van der Waals surface area contributed by atoms with Crippen LogP contribution in [-0.2, 0) is 13.6 Å². The molecule has 3 heterocycles. The number of alkyl halides is 1. The first-order valence-corrected chi connectivity index (χ1v) is 7.81. The summed E-state index contributed by atoms with van der Waals surface area (Å²) in [5, 5.41) is 3.20. The minimum absolute atomic E-state index is 0.0394. The molecule has 1 aliphatic heterocycles. The van der Waals surface area contributed by atoms with Gasteiger partial charge in [0.1, 0.15) is 18.3 Å². The number of aryl methyl sites for hydroxylation is 1. The molecule has 0 radical (unpaired) electrons. The van der Waals surface area contributed by atoms with E-state index in [4.69, 9.17) is 10.5 Å². The molecule has 24 heavy (non-hydrogen) atoms. The zero-order valence-corrected chi connectivity index (χ0v) is 13.8. The van der Waals surface area contributed by atoms with Crippen molar-refractivity contribution in [1.82, 2.24) is 24.4 Å². The van der Waals surface area contributed by atoms with E-state index in [0.717, 1.165) is 5.82 Å². The van der Waals surface area contributed by atoms with Gasteiger partial charge in [-0.2, -0.15) is 0 Å². The molecule has 1 aliphatic rings. The van der Waals surface area contributed by atoms with E-state index in [2.05, 4.69) is 25.2 Å². The molecule has 8 nitrogen and oxygen atoms in total. The molecule has 0 saturated carbocycles. The van der Waals surface area contributed by atoms with E-state index in [1.54, 1.807) is 6.20 Å². The van der Waals surface area contributed by atoms with Crippen molar-refractivity contribution in [2.45, 2.75) is 25.2 Å². The molecule has 2 aromatic rings. The number of nitrogen functional groups attached to an aromatic ring is 1. The summed E-state index contributed by atoms with van der Waals surface area (Å²) in [5.41, 5.74) is 5.77. The predicted molar refractivity (Wildman–Crippen MR) is 88.4 cm³/mol. The lowest BCUT2D eigenvalue weighted by atomic mass is 10.2. The number of ether oxygens (including phenoxy) is 1. The lowest BCUT2D eigenvalue weighted by molar-refractivity contribution is 0.233. The molecular formula is C15H22FN7O. The van der Waals surface area contributed by atoms with Gasteiger partial charge in [-0.25, -0.2) is 19.3 Å². The third-order valence-electron chi connectivity index (χ3n) is 4.28. The van der Waals surface area contributed by atoms with Crippen LogP contribution in [0.3, 0.4) is 0 Å². The molecule has 130 valence electrons. The van der Waals surface area contributed by atoms with Gasteiger partial charge in [-0.15, -0.1) is 0 Å². The van der Waals surface area contributed by atoms with Crippen LogP contribution in [0.2, 0.25) is 0 Å². The molecule has 0 bridgehead atoms. The number of anilines is 2. The summed E-state index contributed by atoms with van der Waals surface area (Å²) in [4.78, 5) is 14.5. The standard InChI is InChI=1S/C15H22FN7O/c1-22-4-3-18-12(22)8-23-7-10(16)5-11(23)6-19-15-13(24-2)14(17)20-9-21-15/h3-4,9-11H,5-8H2,1-2H3,(H3,17,19,20,21)/t10-,11-/m0/s1. The van der Waals surface area contributed by atoms with E-state index in [0.29, 0.717) is 37.6 Å². The number of halogens is 1. The maximum absolute atomic E-state index is 13.9. The Morgan fingerprint density at radius 3 is 2.96 bits per heavy atom. The number of likely N-dealkylation sites (tertiary alicyclic amines) is 1. The minimum atomic E-state index is -0.838. The molecular weight excluding hydrogens is 313 g/mol. The Balaban J connectivity index is 1.67. The van der Waals surface area contributed by atoms with Gasteiger partial charge in [0.2, 0.25) is 5.75 Å². The van der Waals surface area contributed by atoms with Crippen LogP contribution in [0.1, 0.15) is 12.2 Å². The number of hydrogen-bond donors (Lipinski definition) is 2. The molecule has 0 amide bonds. The van der Waals surface area contributed by atoms with Crippen LogP contribution in [0.15, 0.2) is 18.7 Å². The third-order valence-corrected chi connectivity index (χ3v) is 4.28. The lowest BCUT2D eigenvalue weighted by Gasteiger charge is -2.24. The molecule has 0 spiro atoms. The van der Waals surface area contributed by atoms with Crippen molar-refractivity contribution in [1.29, 1.82) is 0 Å². The number of aromatic nitrogens is 4. The highest BCUT2D eigenvalue weighted by Gasteiger charge is 2.32. The number of nitrogens with one attached hydrogen (secondary N) is 1. The zero-order valence-electron chi connectivity index (χ0n) is 13.8. The van der Waals surface area contributed by atoms with Crippen molar-refractivity contribution in [2.24, 2.45) is 7.05 Å². The quantitative estimate of drug-likeness (QED) is 0.807. The minimum Gasteiger partial charge on any atom is -0.490 e. The van der Waals surface area contributed by atoms with Gasteiger partial charge in [0.25, 0.3) is 0 Å². The summed E-state index contributed by atoms with van der Waals surface area (Å²) >= 11 is 0. The van der Waals surface area contributed by atoms with Crippen molar-refractivity contribution >= 4 is 11.6 Å². The maximum Gasteiger partial charge on any atom is 0.203 e. The molecule has 0 unspecified atom stereocenters. The number of methoxy groups -OCH3 is 1. The van der Waals surface area contributed by atoms with Crippen molar-refractivity contribution in [3.05, 3.63) is 24.5 Å². The Kier molecular flexibility index (Phi) is 4.79. The number of imidazole rings is 1. The van der Waals surface area contributed by atoms with Gasteiger partial charge in [-0.1, -0.05) is 0 Å². The van der Waals surface area contributed by atoms with Crippen LogP contribution in [-0.4, -0.2) is 56.8 Å². The van der Waals surface area contributed by atoms with Crippen LogP contribution >= 0.6 is 0 Å². The van der Waals surface area contributed by atoms with E-state index in [1.165, 1.54) is 13.4 Å². The number of rotatable bonds is 6. The number of hydrogen-bond acceptors (Lipinski definition) is 7. The van der Waals surface area contributed by atoms with E-state index >= 15 is 0 Å². The van der Waals surface area contributed by atoms with E-state index in [1.807, 2.05) is 17.8 Å². The van der Waals surface area contributed by atoms with Gasteiger partial charge in [0.15, 0.2) is 11.6 Å². The fraction of sp³-hybridized carbons (Fsp3) is 0.533. The van der Waals surface area contributed by atoms with Crippen LogP contribution in [0.4, 0.5) is 16.0 Å². The smallest absolute Gasteiger partial charge is 0.203 e. The van der Waals surface area contributed by atoms with Gasteiger partial charge < -0.3 is 20.4 Å². The van der Waals surface area contributed by atoms with E-state index < -0.39 is 6.17 Å². The zero-order chi connectivity index (χ0) is 17.1. The van der Waals surface area contributed by atoms with Gasteiger partial charge in [-0.3, -0.25) is 4.90 Å². The summed E-state index contributed by atoms with van der Waals surface area (Å²) < 4.78 is 21.1. The number of nitrogens with zero attached hydrogens (tertiary/aromatic N) is 5. The summed E-state index contributed by atoms with van der Waals surface area (Å²) in [6, 6.07) is 0.0394. The average molecular weight is 335 g/mol. The largest absolute Gasteiger partial charge is 0.490 e. The topological polar surface area (TPSA) is 94.1 Å². The summed E-state index contributed by atoms with van der Waals surface area (Å²) in [6.45, 7) is 1.55. The van der Waals surface area contributed by atoms with Crippen molar-refractivity contribution in [2.75, 3.05) is 31.2 Å². The molecule has 0 aromatic carbocycles. The Labute approximate surface area is 139 Å². The summed E-state index contributed by atoms with van der Waals surface area (Å²) in [7, 11) is 3.45. The Bertz CT molecular complexity index is 692. The van der Waals surface area contributed by atoms with Crippen LogP contribution in [0.25, 0.3) is 0 Å². The highest BCUT2D eigenvalue weighted by molar-refractivity contribution is 5.61. The number of nitrogens with two attached hydrogens (primary N) is 1. The van der Waals surface area contributed by atoms with Crippen LogP contribution < -0.4 is 15.8 Å². The highest BCUT2D eigenvalue weighted by Crippen LogP contribution is 2.28. The van der Waals surface area contributed by atoms with E-state index in [-0.39, 0.29) is 11.9 Å². The highest BCUT2D eigenvalue weighted by atomic mass is 19.1. The Morgan fingerprint density at radius 2 is 2.25 bits per heavy atom. The summed E-state index contributed by atoms with van der Waals surface area (Å²) in [5.74, 6) is 2.11. The normalized spacial score (nSPS) is 21.1. The summed E-state index contributed by atoms with van der Waals surface area (Å²) in [6.07, 6.45) is 4.65. The van der Waals surface area contributed by atoms with Crippen molar-refractivity contribution < 1.29 is 9.13 Å². The maximum atomic E-state index is 13.9. The molecule has 3 N–H and O–H groups in total. The Morgan fingerprint density at radius 1 is 1.42 bits per heavy atom. The SMILES string of the molecule is COc1c(N)ncnc1NC[C@@H]1C[C@H](F)CN1Cc1nccn1C. The van der Waals surface area contributed by atoms with Gasteiger partial charge in [0.05, 0.1) is 13.7 Å². The second kappa shape index (κ2) is 7.00. The molecule has 2 aromatic heterocycles. The predicted octanol–water partition coefficient (Wildman–Crippen LogP) is 0.825. The fourth-order valence-corrected chi connectivity index (χ4v) is 2.99. The van der Waals surface area contributed by atoms with Gasteiger partial charge in [-0.05, 0) is 6.42 Å². The second-order valence-corrected chi connectivity index (χ2v) is 5.89. The van der Waals surface area contributed by atoms with Crippen molar-refractivity contribution in [3.8, 4) is 5.75 Å².